The third-order valence-electron chi connectivity index (χ3n) is 4.89. The molecule has 0 aliphatic carbocycles. The first kappa shape index (κ1) is 27.6. The van der Waals surface area contributed by atoms with Crippen LogP contribution in [0, 0.1) is 10.8 Å². The molecular formula is C21H33N7O5. The number of nitrogens with zero attached hydrogens (tertiary/aromatic N) is 3. The Bertz CT molecular complexity index is 943. The van der Waals surface area contributed by atoms with Crippen molar-refractivity contribution >= 4 is 34.9 Å². The number of Topliss-reactive ketones (excluding diaryl/α,β-unsaturated/α-hetero) is 1. The Hall–Kier alpha value is -3.41. The molecule has 2 unspecified atom stereocenters. The lowest BCUT2D eigenvalue weighted by atomic mass is 10.1. The number of carboxylic acids is 1. The number of ketones is 1. The molecule has 0 bridgehead atoms. The lowest BCUT2D eigenvalue weighted by molar-refractivity contribution is -0.140. The highest BCUT2D eigenvalue weighted by atomic mass is 16.4. The molecule has 33 heavy (non-hydrogen) atoms. The minimum atomic E-state index is -1.23. The minimum absolute atomic E-state index is 0.00940. The van der Waals surface area contributed by atoms with Gasteiger partial charge in [0.2, 0.25) is 5.91 Å². The van der Waals surface area contributed by atoms with Gasteiger partial charge in [-0.3, -0.25) is 28.6 Å². The van der Waals surface area contributed by atoms with Gasteiger partial charge in [0, 0.05) is 12.4 Å². The predicted molar refractivity (Wildman–Crippen MR) is 124 cm³/mol. The van der Waals surface area contributed by atoms with E-state index in [4.69, 9.17) is 10.8 Å². The van der Waals surface area contributed by atoms with Crippen LogP contribution in [0.4, 0.5) is 5.82 Å². The Morgan fingerprint density at radius 1 is 1.27 bits per heavy atom. The second kappa shape index (κ2) is 13.2. The average molecular weight is 464 g/mol. The maximum atomic E-state index is 13.0. The molecule has 0 fully saturated rings. The fourth-order valence-electron chi connectivity index (χ4n) is 3.13. The Morgan fingerprint density at radius 3 is 2.48 bits per heavy atom. The molecule has 2 atom stereocenters. The van der Waals surface area contributed by atoms with Gasteiger partial charge in [0.05, 0.1) is 37.0 Å². The standard InChI is InChI=1S/C21H33N7O5/c1-5-8-27(4)12-17(29)15(10-18(30)31)26-20(32)16(6-2)28-9-7-24-19(21(28)33)25-11-14(23)13(3)22/h7,9,15-16,22-23H,5-6,8,10-12H2,1-4H3,(H,24,25)(H,26,32)(H,30,31). The van der Waals surface area contributed by atoms with Crippen LogP contribution in [0.5, 0.6) is 0 Å². The number of amides is 1. The lowest BCUT2D eigenvalue weighted by Crippen LogP contribution is -2.49. The van der Waals surface area contributed by atoms with Crippen LogP contribution in [0.2, 0.25) is 0 Å². The topological polar surface area (TPSA) is 181 Å². The van der Waals surface area contributed by atoms with Gasteiger partial charge in [-0.2, -0.15) is 0 Å². The fraction of sp³-hybridized carbons (Fsp3) is 0.571. The summed E-state index contributed by atoms with van der Waals surface area (Å²) in [5.74, 6) is -2.40. The molecule has 12 heteroatoms. The molecule has 0 aliphatic rings. The second-order valence-corrected chi connectivity index (χ2v) is 7.73. The Balaban J connectivity index is 3.07. The van der Waals surface area contributed by atoms with Crippen LogP contribution in [-0.4, -0.2) is 81.4 Å². The van der Waals surface area contributed by atoms with E-state index in [1.807, 2.05) is 6.92 Å². The molecular weight excluding hydrogens is 430 g/mol. The normalized spacial score (nSPS) is 12.6. The van der Waals surface area contributed by atoms with E-state index < -0.39 is 41.7 Å². The largest absolute Gasteiger partial charge is 0.481 e. The van der Waals surface area contributed by atoms with Crippen molar-refractivity contribution in [3.8, 4) is 0 Å². The Kier molecular flexibility index (Phi) is 11.1. The third kappa shape index (κ3) is 8.56. The van der Waals surface area contributed by atoms with Gasteiger partial charge in [-0.1, -0.05) is 13.8 Å². The molecule has 0 aromatic carbocycles. The number of carbonyl (C=O) groups is 3. The summed E-state index contributed by atoms with van der Waals surface area (Å²) in [7, 11) is 1.74. The Labute approximate surface area is 192 Å². The molecule has 5 N–H and O–H groups in total. The van der Waals surface area contributed by atoms with E-state index in [0.29, 0.717) is 6.54 Å². The molecule has 0 aliphatic heterocycles. The monoisotopic (exact) mass is 463 g/mol. The Morgan fingerprint density at radius 2 is 1.94 bits per heavy atom. The van der Waals surface area contributed by atoms with Gasteiger partial charge in [-0.05, 0) is 33.4 Å². The summed E-state index contributed by atoms with van der Waals surface area (Å²) in [6.07, 6.45) is 3.11. The van der Waals surface area contributed by atoms with E-state index in [1.54, 1.807) is 18.9 Å². The number of carboxylic acid groups (broad SMARTS) is 1. The van der Waals surface area contributed by atoms with Crippen LogP contribution >= 0.6 is 0 Å². The summed E-state index contributed by atoms with van der Waals surface area (Å²) in [6, 6.07) is -2.23. The molecule has 1 aromatic rings. The number of anilines is 1. The highest BCUT2D eigenvalue weighted by Crippen LogP contribution is 2.11. The third-order valence-corrected chi connectivity index (χ3v) is 4.89. The van der Waals surface area contributed by atoms with Crippen LogP contribution in [0.25, 0.3) is 0 Å². The van der Waals surface area contributed by atoms with E-state index in [1.165, 1.54) is 19.3 Å². The number of rotatable bonds is 15. The maximum absolute atomic E-state index is 13.0. The quantitative estimate of drug-likeness (QED) is 0.233. The maximum Gasteiger partial charge on any atom is 0.305 e. The van der Waals surface area contributed by atoms with Gasteiger partial charge in [0.25, 0.3) is 5.56 Å². The van der Waals surface area contributed by atoms with Gasteiger partial charge in [-0.25, -0.2) is 4.98 Å². The van der Waals surface area contributed by atoms with E-state index >= 15 is 0 Å². The van der Waals surface area contributed by atoms with Gasteiger partial charge < -0.3 is 26.6 Å². The van der Waals surface area contributed by atoms with Crippen LogP contribution in [0.3, 0.4) is 0 Å². The van der Waals surface area contributed by atoms with Crippen molar-refractivity contribution in [1.82, 2.24) is 19.8 Å². The van der Waals surface area contributed by atoms with E-state index in [2.05, 4.69) is 15.6 Å². The van der Waals surface area contributed by atoms with Crippen molar-refractivity contribution in [2.75, 3.05) is 32.0 Å². The summed E-state index contributed by atoms with van der Waals surface area (Å²) in [4.78, 5) is 55.4. The first-order valence-corrected chi connectivity index (χ1v) is 10.7. The molecule has 0 saturated heterocycles. The minimum Gasteiger partial charge on any atom is -0.481 e. The molecule has 0 radical (unpaired) electrons. The zero-order chi connectivity index (χ0) is 25.1. The highest BCUT2D eigenvalue weighted by Gasteiger charge is 2.28. The van der Waals surface area contributed by atoms with Crippen LogP contribution in [0.15, 0.2) is 17.2 Å². The molecule has 1 aromatic heterocycles. The highest BCUT2D eigenvalue weighted by molar-refractivity contribution is 6.40. The number of nitrogens with one attached hydrogen (secondary N) is 4. The smallest absolute Gasteiger partial charge is 0.305 e. The molecule has 182 valence electrons. The summed E-state index contributed by atoms with van der Waals surface area (Å²) in [5.41, 5.74) is -0.582. The molecule has 12 nitrogen and oxygen atoms in total. The van der Waals surface area contributed by atoms with Crippen molar-refractivity contribution in [3.63, 3.8) is 0 Å². The summed E-state index contributed by atoms with van der Waals surface area (Å²) in [6.45, 7) is 5.65. The summed E-state index contributed by atoms with van der Waals surface area (Å²) >= 11 is 0. The lowest BCUT2D eigenvalue weighted by Gasteiger charge is -2.24. The molecule has 1 rings (SSSR count). The first-order valence-electron chi connectivity index (χ1n) is 10.7. The molecule has 0 spiro atoms. The summed E-state index contributed by atoms with van der Waals surface area (Å²) in [5, 5.41) is 29.5. The average Bonchev–Trinajstić information content (AvgIpc) is 2.73. The van der Waals surface area contributed by atoms with Crippen molar-refractivity contribution in [3.05, 3.63) is 22.7 Å². The number of hydrogen-bond donors (Lipinski definition) is 5. The number of carbonyl (C=O) groups excluding carboxylic acids is 2. The van der Waals surface area contributed by atoms with Crippen molar-refractivity contribution in [2.24, 2.45) is 0 Å². The van der Waals surface area contributed by atoms with Gasteiger partial charge in [0.15, 0.2) is 11.6 Å². The fourth-order valence-corrected chi connectivity index (χ4v) is 3.13. The molecule has 1 amide bonds. The van der Waals surface area contributed by atoms with E-state index in [0.717, 1.165) is 11.0 Å². The zero-order valence-corrected chi connectivity index (χ0v) is 19.5. The van der Waals surface area contributed by atoms with Crippen molar-refractivity contribution < 1.29 is 19.5 Å². The van der Waals surface area contributed by atoms with Gasteiger partial charge >= 0.3 is 5.97 Å². The SMILES string of the molecule is CCCN(C)CC(=O)C(CC(=O)O)NC(=O)C(CC)n1ccnc(NCC(=N)C(C)=N)c1=O. The van der Waals surface area contributed by atoms with Crippen molar-refractivity contribution in [1.29, 1.82) is 10.8 Å². The van der Waals surface area contributed by atoms with Gasteiger partial charge in [-0.15, -0.1) is 0 Å². The summed E-state index contributed by atoms with van der Waals surface area (Å²) < 4.78 is 1.15. The predicted octanol–water partition coefficient (Wildman–Crippen LogP) is 0.536. The number of hydrogen-bond acceptors (Lipinski definition) is 9. The number of aromatic nitrogens is 2. The first-order chi connectivity index (χ1) is 15.5. The van der Waals surface area contributed by atoms with Crippen LogP contribution < -0.4 is 16.2 Å². The zero-order valence-electron chi connectivity index (χ0n) is 19.5. The van der Waals surface area contributed by atoms with E-state index in [9.17, 15) is 24.3 Å². The second-order valence-electron chi connectivity index (χ2n) is 7.73. The molecule has 0 saturated carbocycles. The number of likely N-dealkylation sites (N-methyl/N-ethyl adjacent to an activating group) is 1. The molecule has 1 heterocycles. The van der Waals surface area contributed by atoms with E-state index in [-0.39, 0.29) is 36.8 Å². The van der Waals surface area contributed by atoms with Crippen LogP contribution in [-0.2, 0) is 14.4 Å². The van der Waals surface area contributed by atoms with Gasteiger partial charge in [0.1, 0.15) is 6.04 Å². The van der Waals surface area contributed by atoms with Crippen LogP contribution in [0.1, 0.15) is 46.1 Å². The van der Waals surface area contributed by atoms with Crippen molar-refractivity contribution in [2.45, 2.75) is 52.1 Å². The number of aliphatic carboxylic acids is 1.